The van der Waals surface area contributed by atoms with E-state index in [0.29, 0.717) is 24.5 Å². The second-order valence-electron chi connectivity index (χ2n) is 10.6. The first-order chi connectivity index (χ1) is 20.8. The number of piperazine rings is 1. The molecule has 1 aliphatic heterocycles. The van der Waals surface area contributed by atoms with E-state index in [0.717, 1.165) is 48.7 Å². The number of ether oxygens (including phenoxy) is 2. The zero-order valence-corrected chi connectivity index (χ0v) is 25.0. The number of rotatable bonds is 9. The van der Waals surface area contributed by atoms with Gasteiger partial charge in [0.05, 0.1) is 12.3 Å². The monoisotopic (exact) mass is 584 g/mol. The Bertz CT molecular complexity index is 1540. The molecule has 1 saturated heterocycles. The Hall–Kier alpha value is -4.70. The van der Waals surface area contributed by atoms with E-state index in [1.54, 1.807) is 12.3 Å². The van der Waals surface area contributed by atoms with Crippen LogP contribution in [0.3, 0.4) is 0 Å². The van der Waals surface area contributed by atoms with E-state index in [-0.39, 0.29) is 17.5 Å². The quantitative estimate of drug-likeness (QED) is 0.229. The minimum absolute atomic E-state index is 0.202. The Balaban J connectivity index is 1.45. The lowest BCUT2D eigenvalue weighted by Gasteiger charge is -2.34. The van der Waals surface area contributed by atoms with Gasteiger partial charge in [0.2, 0.25) is 5.95 Å². The highest BCUT2D eigenvalue weighted by molar-refractivity contribution is 5.98. The van der Waals surface area contributed by atoms with Crippen LogP contribution in [-0.4, -0.2) is 60.8 Å². The molecule has 0 radical (unpaired) electrons. The third-order valence-electron chi connectivity index (χ3n) is 7.27. The summed E-state index contributed by atoms with van der Waals surface area (Å²) in [7, 11) is 2.14. The van der Waals surface area contributed by atoms with E-state index >= 15 is 0 Å². The van der Waals surface area contributed by atoms with E-state index in [4.69, 9.17) is 9.47 Å². The molecule has 224 valence electrons. The fourth-order valence-corrected chi connectivity index (χ4v) is 4.89. The number of aryl methyl sites for hydroxylation is 2. The third-order valence-corrected chi connectivity index (χ3v) is 7.27. The van der Waals surface area contributed by atoms with E-state index < -0.39 is 11.9 Å². The van der Waals surface area contributed by atoms with Crippen molar-refractivity contribution in [2.45, 2.75) is 27.2 Å². The van der Waals surface area contributed by atoms with Crippen LogP contribution >= 0.6 is 0 Å². The van der Waals surface area contributed by atoms with Gasteiger partial charge < -0.3 is 24.6 Å². The van der Waals surface area contributed by atoms with Crippen LogP contribution in [0.2, 0.25) is 0 Å². The molecule has 1 amide bonds. The molecule has 5 rings (SSSR count). The molecule has 1 fully saturated rings. The topological polar surface area (TPSA) is 83.1 Å². The predicted molar refractivity (Wildman–Crippen MR) is 168 cm³/mol. The number of halogens is 1. The van der Waals surface area contributed by atoms with Crippen molar-refractivity contribution in [3.8, 4) is 11.5 Å². The fraction of sp³-hybridized carbons (Fsp3) is 0.303. The summed E-state index contributed by atoms with van der Waals surface area (Å²) in [5.41, 5.74) is 3.87. The molecule has 1 aliphatic rings. The molecule has 0 spiro atoms. The summed E-state index contributed by atoms with van der Waals surface area (Å²) >= 11 is 0. The number of nitrogens with one attached hydrogen (secondary N) is 1. The van der Waals surface area contributed by atoms with Crippen LogP contribution in [0, 0.1) is 19.7 Å². The SMILES string of the molecule is CCCOc1cc(F)ccc1N(C(=O)Oc1c(C)cccc1C)c1ccnc(Nc2ccc(N3CCN(C)CC3)cc2)n1. The molecule has 4 aromatic rings. The lowest BCUT2D eigenvalue weighted by Crippen LogP contribution is -2.44. The highest BCUT2D eigenvalue weighted by Crippen LogP contribution is 2.36. The van der Waals surface area contributed by atoms with Crippen molar-refractivity contribution in [2.75, 3.05) is 55.0 Å². The smallest absolute Gasteiger partial charge is 0.425 e. The highest BCUT2D eigenvalue weighted by atomic mass is 19.1. The van der Waals surface area contributed by atoms with Crippen molar-refractivity contribution in [1.29, 1.82) is 0 Å². The van der Waals surface area contributed by atoms with Crippen LogP contribution in [0.15, 0.2) is 72.9 Å². The van der Waals surface area contributed by atoms with Crippen molar-refractivity contribution in [3.05, 3.63) is 89.9 Å². The summed E-state index contributed by atoms with van der Waals surface area (Å²) in [5, 5.41) is 3.23. The number of likely N-dealkylation sites (N-methyl/N-ethyl adjacent to an activating group) is 1. The summed E-state index contributed by atoms with van der Waals surface area (Å²) in [6.07, 6.45) is 1.54. The summed E-state index contributed by atoms with van der Waals surface area (Å²) in [6, 6.07) is 19.4. The molecule has 2 heterocycles. The predicted octanol–water partition coefficient (Wildman–Crippen LogP) is 6.85. The highest BCUT2D eigenvalue weighted by Gasteiger charge is 2.27. The van der Waals surface area contributed by atoms with Gasteiger partial charge in [-0.3, -0.25) is 0 Å². The van der Waals surface area contributed by atoms with Gasteiger partial charge in [-0.1, -0.05) is 25.1 Å². The molecule has 0 bridgehead atoms. The van der Waals surface area contributed by atoms with Gasteiger partial charge in [-0.25, -0.2) is 19.1 Å². The van der Waals surface area contributed by atoms with E-state index in [9.17, 15) is 9.18 Å². The maximum absolute atomic E-state index is 14.3. The number of para-hydroxylation sites is 1. The molecule has 3 aromatic carbocycles. The molecule has 0 saturated carbocycles. The molecule has 0 atom stereocenters. The van der Waals surface area contributed by atoms with E-state index in [1.807, 2.05) is 51.1 Å². The maximum atomic E-state index is 14.3. The van der Waals surface area contributed by atoms with Crippen molar-refractivity contribution in [1.82, 2.24) is 14.9 Å². The maximum Gasteiger partial charge on any atom is 0.425 e. The largest absolute Gasteiger partial charge is 0.491 e. The first kappa shape index (κ1) is 29.8. The van der Waals surface area contributed by atoms with Gasteiger partial charge in [0.1, 0.15) is 23.1 Å². The van der Waals surface area contributed by atoms with Gasteiger partial charge in [-0.05, 0) is 74.8 Å². The Morgan fingerprint density at radius 2 is 1.72 bits per heavy atom. The number of carbonyl (C=O) groups is 1. The van der Waals surface area contributed by atoms with Gasteiger partial charge in [-0.2, -0.15) is 4.98 Å². The third kappa shape index (κ3) is 7.21. The normalized spacial score (nSPS) is 13.5. The lowest BCUT2D eigenvalue weighted by atomic mass is 10.1. The van der Waals surface area contributed by atoms with Crippen molar-refractivity contribution < 1.29 is 18.7 Å². The summed E-state index contributed by atoms with van der Waals surface area (Å²) in [5.74, 6) is 0.683. The zero-order valence-electron chi connectivity index (χ0n) is 25.0. The number of benzene rings is 3. The molecule has 43 heavy (non-hydrogen) atoms. The standard InChI is InChI=1S/C33H37FN6O3/c1-5-21-42-29-22-25(34)9-14-28(29)40(33(41)43-31-23(2)7-6-8-24(31)3)30-15-16-35-32(37-30)36-26-10-12-27(13-11-26)39-19-17-38(4)18-20-39/h6-16,22H,5,17-21H2,1-4H3,(H,35,36,37). The van der Waals surface area contributed by atoms with Crippen LogP contribution in [-0.2, 0) is 0 Å². The van der Waals surface area contributed by atoms with Crippen LogP contribution < -0.4 is 24.6 Å². The second kappa shape index (κ2) is 13.5. The summed E-state index contributed by atoms with van der Waals surface area (Å²) < 4.78 is 26.1. The molecular weight excluding hydrogens is 547 g/mol. The Morgan fingerprint density at radius 1 is 1.00 bits per heavy atom. The first-order valence-corrected chi connectivity index (χ1v) is 14.5. The number of hydrogen-bond donors (Lipinski definition) is 1. The second-order valence-corrected chi connectivity index (χ2v) is 10.6. The average Bonchev–Trinajstić information content (AvgIpc) is 3.00. The van der Waals surface area contributed by atoms with Gasteiger partial charge in [-0.15, -0.1) is 0 Å². The number of hydrogen-bond acceptors (Lipinski definition) is 8. The van der Waals surface area contributed by atoms with Crippen molar-refractivity contribution in [3.63, 3.8) is 0 Å². The van der Waals surface area contributed by atoms with Crippen LogP contribution in [0.5, 0.6) is 11.5 Å². The number of anilines is 5. The molecular formula is C33H37FN6O3. The number of amides is 1. The van der Waals surface area contributed by atoms with Crippen LogP contribution in [0.1, 0.15) is 24.5 Å². The average molecular weight is 585 g/mol. The number of aromatic nitrogens is 2. The molecule has 1 aromatic heterocycles. The lowest BCUT2D eigenvalue weighted by molar-refractivity contribution is 0.209. The molecule has 0 unspecified atom stereocenters. The Morgan fingerprint density at radius 3 is 2.42 bits per heavy atom. The van der Waals surface area contributed by atoms with Crippen LogP contribution in [0.25, 0.3) is 0 Å². The minimum atomic E-state index is -0.716. The molecule has 9 nitrogen and oxygen atoms in total. The fourth-order valence-electron chi connectivity index (χ4n) is 4.89. The Kier molecular flexibility index (Phi) is 9.36. The molecule has 0 aliphatic carbocycles. The van der Waals surface area contributed by atoms with E-state index in [2.05, 4.69) is 44.3 Å². The zero-order chi connectivity index (χ0) is 30.3. The van der Waals surface area contributed by atoms with Gasteiger partial charge in [0.25, 0.3) is 0 Å². The summed E-state index contributed by atoms with van der Waals surface area (Å²) in [4.78, 5) is 28.9. The minimum Gasteiger partial charge on any atom is -0.491 e. The molecule has 10 heteroatoms. The van der Waals surface area contributed by atoms with Crippen LogP contribution in [0.4, 0.5) is 38.0 Å². The first-order valence-electron chi connectivity index (χ1n) is 14.5. The number of nitrogens with zero attached hydrogens (tertiary/aromatic N) is 5. The Labute approximate surface area is 251 Å². The molecule has 1 N–H and O–H groups in total. The van der Waals surface area contributed by atoms with E-state index in [1.165, 1.54) is 23.1 Å². The van der Waals surface area contributed by atoms with Crippen molar-refractivity contribution >= 4 is 34.9 Å². The van der Waals surface area contributed by atoms with Gasteiger partial charge in [0.15, 0.2) is 0 Å². The van der Waals surface area contributed by atoms with Gasteiger partial charge >= 0.3 is 6.09 Å². The number of carbonyl (C=O) groups excluding carboxylic acids is 1. The van der Waals surface area contributed by atoms with Crippen molar-refractivity contribution in [2.24, 2.45) is 0 Å². The van der Waals surface area contributed by atoms with Gasteiger partial charge in [0, 0.05) is 55.9 Å². The summed E-state index contributed by atoms with van der Waals surface area (Å²) in [6.45, 7) is 10.1.